The molecular formula is C12H19N3O3. The highest BCUT2D eigenvalue weighted by molar-refractivity contribution is 5.68. The molecule has 0 aromatic heterocycles. The lowest BCUT2D eigenvalue weighted by atomic mass is 10.2. The number of anilines is 2. The molecule has 3 N–H and O–H groups in total. The van der Waals surface area contributed by atoms with E-state index in [1.807, 2.05) is 13.8 Å². The van der Waals surface area contributed by atoms with Crippen molar-refractivity contribution in [2.45, 2.75) is 26.3 Å². The van der Waals surface area contributed by atoms with E-state index >= 15 is 0 Å². The van der Waals surface area contributed by atoms with Gasteiger partial charge in [0.25, 0.3) is 5.69 Å². The van der Waals surface area contributed by atoms with Crippen LogP contribution in [0.5, 0.6) is 0 Å². The van der Waals surface area contributed by atoms with E-state index in [0.29, 0.717) is 24.3 Å². The van der Waals surface area contributed by atoms with Gasteiger partial charge in [0.1, 0.15) is 5.69 Å². The van der Waals surface area contributed by atoms with Crippen molar-refractivity contribution in [3.63, 3.8) is 0 Å². The smallest absolute Gasteiger partial charge is 0.294 e. The number of aliphatic hydroxyl groups excluding tert-OH is 1. The number of aliphatic hydroxyl groups is 1. The largest absolute Gasteiger partial charge is 0.396 e. The maximum absolute atomic E-state index is 11.0. The Bertz CT molecular complexity index is 410. The van der Waals surface area contributed by atoms with Gasteiger partial charge < -0.3 is 15.7 Å². The minimum absolute atomic E-state index is 0.0537. The Hall–Kier alpha value is -1.82. The number of nitro benzene ring substituents is 1. The van der Waals surface area contributed by atoms with Crippen LogP contribution < -0.4 is 10.6 Å². The Morgan fingerprint density at radius 3 is 2.78 bits per heavy atom. The van der Waals surface area contributed by atoms with Crippen molar-refractivity contribution in [3.05, 3.63) is 28.3 Å². The first kappa shape index (κ1) is 14.2. The lowest BCUT2D eigenvalue weighted by Crippen LogP contribution is -2.16. The lowest BCUT2D eigenvalue weighted by Gasteiger charge is -2.14. The third-order valence-electron chi connectivity index (χ3n) is 2.54. The molecule has 0 radical (unpaired) electrons. The molecular weight excluding hydrogens is 234 g/mol. The fraction of sp³-hybridized carbons (Fsp3) is 0.500. The minimum atomic E-state index is -0.403. The number of nitro groups is 1. The van der Waals surface area contributed by atoms with Crippen LogP contribution in [0.25, 0.3) is 0 Å². The number of nitrogens with zero attached hydrogens (tertiary/aromatic N) is 1. The molecule has 100 valence electrons. The SMILES string of the molecule is CCNc1ccc(NC(C)CCO)cc1[N+](=O)[O-]. The predicted molar refractivity (Wildman–Crippen MR) is 72.0 cm³/mol. The molecule has 0 heterocycles. The van der Waals surface area contributed by atoms with Crippen LogP contribution in [0.3, 0.4) is 0 Å². The molecule has 18 heavy (non-hydrogen) atoms. The topological polar surface area (TPSA) is 87.4 Å². The van der Waals surface area contributed by atoms with E-state index in [4.69, 9.17) is 5.11 Å². The molecule has 0 aliphatic rings. The molecule has 0 bridgehead atoms. The van der Waals surface area contributed by atoms with Crippen molar-refractivity contribution >= 4 is 17.1 Å². The zero-order valence-corrected chi connectivity index (χ0v) is 10.6. The number of nitrogens with one attached hydrogen (secondary N) is 2. The number of hydrogen-bond donors (Lipinski definition) is 3. The Balaban J connectivity index is 2.89. The first-order valence-corrected chi connectivity index (χ1v) is 5.98. The zero-order valence-electron chi connectivity index (χ0n) is 10.6. The monoisotopic (exact) mass is 253 g/mol. The van der Waals surface area contributed by atoms with Gasteiger partial charge in [-0.15, -0.1) is 0 Å². The molecule has 1 atom stereocenters. The standard InChI is InChI=1S/C12H19N3O3/c1-3-13-11-5-4-10(8-12(11)15(17)18)14-9(2)6-7-16/h4-5,8-9,13-14,16H,3,6-7H2,1-2H3. The van der Waals surface area contributed by atoms with E-state index in [2.05, 4.69) is 10.6 Å². The quantitative estimate of drug-likeness (QED) is 0.512. The first-order chi connectivity index (χ1) is 8.58. The summed E-state index contributed by atoms with van der Waals surface area (Å²) in [6.07, 6.45) is 0.600. The van der Waals surface area contributed by atoms with Gasteiger partial charge in [-0.25, -0.2) is 0 Å². The van der Waals surface area contributed by atoms with Gasteiger partial charge in [-0.1, -0.05) is 0 Å². The molecule has 0 saturated heterocycles. The highest BCUT2D eigenvalue weighted by Crippen LogP contribution is 2.28. The van der Waals surface area contributed by atoms with Gasteiger partial charge in [-0.2, -0.15) is 0 Å². The molecule has 1 aromatic rings. The summed E-state index contributed by atoms with van der Waals surface area (Å²) >= 11 is 0. The third kappa shape index (κ3) is 3.89. The fourth-order valence-electron chi connectivity index (χ4n) is 1.66. The maximum Gasteiger partial charge on any atom is 0.294 e. The Morgan fingerprint density at radius 2 is 2.22 bits per heavy atom. The van der Waals surface area contributed by atoms with Crippen molar-refractivity contribution < 1.29 is 10.0 Å². The van der Waals surface area contributed by atoms with Crippen molar-refractivity contribution in [1.29, 1.82) is 0 Å². The third-order valence-corrected chi connectivity index (χ3v) is 2.54. The summed E-state index contributed by atoms with van der Waals surface area (Å²) in [5.74, 6) is 0. The van der Waals surface area contributed by atoms with Crippen LogP contribution in [0.15, 0.2) is 18.2 Å². The summed E-state index contributed by atoms with van der Waals surface area (Å²) in [6, 6.07) is 5.06. The van der Waals surface area contributed by atoms with Crippen LogP contribution in [-0.4, -0.2) is 29.2 Å². The van der Waals surface area contributed by atoms with E-state index in [1.165, 1.54) is 6.07 Å². The highest BCUT2D eigenvalue weighted by Gasteiger charge is 2.14. The van der Waals surface area contributed by atoms with Crippen molar-refractivity contribution in [2.24, 2.45) is 0 Å². The number of rotatable bonds is 7. The summed E-state index contributed by atoms with van der Waals surface area (Å²) in [7, 11) is 0. The Kier molecular flexibility index (Phi) is 5.38. The molecule has 1 aromatic carbocycles. The molecule has 0 fully saturated rings. The van der Waals surface area contributed by atoms with E-state index in [0.717, 1.165) is 0 Å². The second kappa shape index (κ2) is 6.80. The van der Waals surface area contributed by atoms with Crippen molar-refractivity contribution in [2.75, 3.05) is 23.8 Å². The van der Waals surface area contributed by atoms with E-state index in [1.54, 1.807) is 12.1 Å². The summed E-state index contributed by atoms with van der Waals surface area (Å²) in [6.45, 7) is 4.53. The van der Waals surface area contributed by atoms with E-state index in [9.17, 15) is 10.1 Å². The Labute approximate surface area is 106 Å². The molecule has 1 unspecified atom stereocenters. The van der Waals surface area contributed by atoms with Crippen LogP contribution in [-0.2, 0) is 0 Å². The van der Waals surface area contributed by atoms with Crippen LogP contribution in [0.1, 0.15) is 20.3 Å². The highest BCUT2D eigenvalue weighted by atomic mass is 16.6. The molecule has 0 spiro atoms. The first-order valence-electron chi connectivity index (χ1n) is 5.98. The van der Waals surface area contributed by atoms with E-state index < -0.39 is 4.92 Å². The van der Waals surface area contributed by atoms with Gasteiger partial charge in [0, 0.05) is 30.9 Å². The zero-order chi connectivity index (χ0) is 13.5. The van der Waals surface area contributed by atoms with Crippen LogP contribution >= 0.6 is 0 Å². The molecule has 0 aliphatic carbocycles. The second-order valence-corrected chi connectivity index (χ2v) is 4.08. The molecule has 6 nitrogen and oxygen atoms in total. The lowest BCUT2D eigenvalue weighted by molar-refractivity contribution is -0.383. The summed E-state index contributed by atoms with van der Waals surface area (Å²) in [5, 5.41) is 25.8. The summed E-state index contributed by atoms with van der Waals surface area (Å²) < 4.78 is 0. The van der Waals surface area contributed by atoms with E-state index in [-0.39, 0.29) is 18.3 Å². The second-order valence-electron chi connectivity index (χ2n) is 4.08. The molecule has 0 saturated carbocycles. The van der Waals surface area contributed by atoms with Crippen LogP contribution in [0.4, 0.5) is 17.1 Å². The molecule has 0 aliphatic heterocycles. The van der Waals surface area contributed by atoms with Gasteiger partial charge in [0.05, 0.1) is 4.92 Å². The molecule has 0 amide bonds. The van der Waals surface area contributed by atoms with Gasteiger partial charge in [0.15, 0.2) is 0 Å². The summed E-state index contributed by atoms with van der Waals surface area (Å²) in [4.78, 5) is 10.6. The van der Waals surface area contributed by atoms with Crippen molar-refractivity contribution in [1.82, 2.24) is 0 Å². The van der Waals surface area contributed by atoms with Crippen LogP contribution in [0, 0.1) is 10.1 Å². The fourth-order valence-corrected chi connectivity index (χ4v) is 1.66. The maximum atomic E-state index is 11.0. The summed E-state index contributed by atoms with van der Waals surface area (Å²) in [5.41, 5.74) is 1.25. The van der Waals surface area contributed by atoms with Gasteiger partial charge >= 0.3 is 0 Å². The van der Waals surface area contributed by atoms with Gasteiger partial charge in [-0.3, -0.25) is 10.1 Å². The van der Waals surface area contributed by atoms with Crippen molar-refractivity contribution in [3.8, 4) is 0 Å². The van der Waals surface area contributed by atoms with Gasteiger partial charge in [0.2, 0.25) is 0 Å². The molecule has 1 rings (SSSR count). The minimum Gasteiger partial charge on any atom is -0.396 e. The van der Waals surface area contributed by atoms with Gasteiger partial charge in [-0.05, 0) is 32.4 Å². The Morgan fingerprint density at radius 1 is 1.50 bits per heavy atom. The average Bonchev–Trinajstić information content (AvgIpc) is 2.31. The number of hydrogen-bond acceptors (Lipinski definition) is 5. The number of benzene rings is 1. The normalized spacial score (nSPS) is 11.9. The molecule has 6 heteroatoms. The van der Waals surface area contributed by atoms with Crippen LogP contribution in [0.2, 0.25) is 0 Å². The predicted octanol–water partition coefficient (Wildman–Crippen LogP) is 2.21. The average molecular weight is 253 g/mol.